The first-order valence-corrected chi connectivity index (χ1v) is 8.94. The summed E-state index contributed by atoms with van der Waals surface area (Å²) >= 11 is 0. The summed E-state index contributed by atoms with van der Waals surface area (Å²) in [5.41, 5.74) is 2.35. The number of ether oxygens (including phenoxy) is 2. The summed E-state index contributed by atoms with van der Waals surface area (Å²) in [5, 5.41) is 0. The number of fused-ring (bicyclic) bond motifs is 2. The zero-order valence-corrected chi connectivity index (χ0v) is 14.6. The van der Waals surface area contributed by atoms with Gasteiger partial charge in [-0.2, -0.15) is 0 Å². The van der Waals surface area contributed by atoms with Gasteiger partial charge >= 0.3 is 0 Å². The second-order valence-corrected chi connectivity index (χ2v) is 7.19. The molecule has 0 radical (unpaired) electrons. The molecule has 2 saturated heterocycles. The summed E-state index contributed by atoms with van der Waals surface area (Å²) < 4.78 is 12.0. The lowest BCUT2D eigenvalue weighted by atomic mass is 9.78. The molecule has 130 valence electrons. The Morgan fingerprint density at radius 2 is 2.04 bits per heavy atom. The van der Waals surface area contributed by atoms with Crippen molar-refractivity contribution in [1.82, 2.24) is 9.80 Å². The number of rotatable bonds is 2. The van der Waals surface area contributed by atoms with Gasteiger partial charge in [-0.1, -0.05) is 12.1 Å². The lowest BCUT2D eigenvalue weighted by Crippen LogP contribution is -2.51. The highest BCUT2D eigenvalue weighted by Crippen LogP contribution is 2.46. The van der Waals surface area contributed by atoms with E-state index in [2.05, 4.69) is 17.0 Å². The van der Waals surface area contributed by atoms with Crippen molar-refractivity contribution in [2.45, 2.75) is 37.3 Å². The average molecular weight is 330 g/mol. The van der Waals surface area contributed by atoms with E-state index in [-0.39, 0.29) is 17.6 Å². The Kier molecular flexibility index (Phi) is 4.01. The van der Waals surface area contributed by atoms with Crippen molar-refractivity contribution in [2.24, 2.45) is 0 Å². The van der Waals surface area contributed by atoms with Crippen LogP contribution in [0, 0.1) is 0 Å². The molecule has 0 aliphatic carbocycles. The van der Waals surface area contributed by atoms with E-state index < -0.39 is 0 Å². The van der Waals surface area contributed by atoms with Gasteiger partial charge in [-0.05, 0) is 37.3 Å². The Morgan fingerprint density at radius 1 is 1.25 bits per heavy atom. The van der Waals surface area contributed by atoms with Gasteiger partial charge in [0.15, 0.2) is 0 Å². The van der Waals surface area contributed by atoms with E-state index in [0.717, 1.165) is 57.7 Å². The van der Waals surface area contributed by atoms with Gasteiger partial charge in [0.05, 0.1) is 25.4 Å². The predicted octanol–water partition coefficient (Wildman–Crippen LogP) is 1.79. The number of piperidine rings is 1. The maximum Gasteiger partial charge on any atom is 0.239 e. The van der Waals surface area contributed by atoms with Crippen molar-refractivity contribution in [1.29, 1.82) is 0 Å². The second-order valence-electron chi connectivity index (χ2n) is 7.19. The number of carbonyl (C=O) groups excluding carboxylic acids is 1. The minimum absolute atomic E-state index is 0.0630. The Labute approximate surface area is 143 Å². The van der Waals surface area contributed by atoms with Crippen LogP contribution < -0.4 is 4.74 Å². The highest BCUT2D eigenvalue weighted by Gasteiger charge is 2.45. The van der Waals surface area contributed by atoms with Crippen molar-refractivity contribution < 1.29 is 14.3 Å². The molecule has 1 spiro atoms. The van der Waals surface area contributed by atoms with Crippen LogP contribution in [0.4, 0.5) is 0 Å². The van der Waals surface area contributed by atoms with Gasteiger partial charge in [-0.3, -0.25) is 9.69 Å². The number of hydrogen-bond acceptors (Lipinski definition) is 4. The molecule has 0 N–H and O–H groups in total. The van der Waals surface area contributed by atoms with Crippen LogP contribution in [0.5, 0.6) is 5.75 Å². The molecule has 1 atom stereocenters. The van der Waals surface area contributed by atoms with Crippen LogP contribution in [0.15, 0.2) is 18.2 Å². The zero-order valence-electron chi connectivity index (χ0n) is 14.6. The maximum absolute atomic E-state index is 12.3. The van der Waals surface area contributed by atoms with Gasteiger partial charge in [0, 0.05) is 32.2 Å². The van der Waals surface area contributed by atoms with Crippen LogP contribution in [0.1, 0.15) is 30.4 Å². The quantitative estimate of drug-likeness (QED) is 0.829. The fourth-order valence-electron chi connectivity index (χ4n) is 4.63. The third kappa shape index (κ3) is 2.42. The number of benzene rings is 1. The van der Waals surface area contributed by atoms with Gasteiger partial charge in [0.2, 0.25) is 5.91 Å². The Bertz CT molecular complexity index is 623. The summed E-state index contributed by atoms with van der Waals surface area (Å²) in [5.74, 6) is 1.21. The Hall–Kier alpha value is -1.59. The first kappa shape index (κ1) is 15.9. The molecule has 5 heteroatoms. The van der Waals surface area contributed by atoms with Crippen LogP contribution in [-0.2, 0) is 21.6 Å². The van der Waals surface area contributed by atoms with Crippen LogP contribution >= 0.6 is 0 Å². The lowest BCUT2D eigenvalue weighted by Gasteiger charge is -2.46. The second kappa shape index (κ2) is 6.05. The van der Waals surface area contributed by atoms with E-state index in [0.29, 0.717) is 0 Å². The molecule has 0 aromatic heterocycles. The molecule has 0 bridgehead atoms. The molecule has 3 heterocycles. The monoisotopic (exact) mass is 330 g/mol. The van der Waals surface area contributed by atoms with E-state index >= 15 is 0 Å². The normalized spacial score (nSPS) is 26.7. The summed E-state index contributed by atoms with van der Waals surface area (Å²) in [6.45, 7) is 3.45. The molecule has 1 amide bonds. The van der Waals surface area contributed by atoms with Crippen LogP contribution in [0.25, 0.3) is 0 Å². The number of amides is 1. The van der Waals surface area contributed by atoms with Gasteiger partial charge in [0.1, 0.15) is 5.75 Å². The standard InChI is InChI=1S/C19H26N2O3/c1-20-10-6-15(18(20)22)21-11-8-19(9-12-21)17-14(7-13-24-19)4-3-5-16(17)23-2/h3-5,15H,6-13H2,1-2H3. The molecule has 3 aliphatic heterocycles. The van der Waals surface area contributed by atoms with Crippen molar-refractivity contribution in [2.75, 3.05) is 40.4 Å². The van der Waals surface area contributed by atoms with Crippen molar-refractivity contribution in [3.8, 4) is 5.75 Å². The molecule has 1 unspecified atom stereocenters. The minimum Gasteiger partial charge on any atom is -0.496 e. The summed E-state index contributed by atoms with van der Waals surface area (Å²) in [4.78, 5) is 16.5. The maximum atomic E-state index is 12.3. The van der Waals surface area contributed by atoms with E-state index in [1.807, 2.05) is 18.0 Å². The molecular weight excluding hydrogens is 304 g/mol. The minimum atomic E-state index is -0.246. The topological polar surface area (TPSA) is 42.0 Å². The van der Waals surface area contributed by atoms with Gasteiger partial charge < -0.3 is 14.4 Å². The fourth-order valence-corrected chi connectivity index (χ4v) is 4.63. The number of carbonyl (C=O) groups is 1. The Morgan fingerprint density at radius 3 is 2.71 bits per heavy atom. The third-order valence-electron chi connectivity index (χ3n) is 5.98. The fraction of sp³-hybridized carbons (Fsp3) is 0.632. The largest absolute Gasteiger partial charge is 0.496 e. The van der Waals surface area contributed by atoms with E-state index in [4.69, 9.17) is 9.47 Å². The number of likely N-dealkylation sites (tertiary alicyclic amines) is 2. The molecule has 0 saturated carbocycles. The third-order valence-corrected chi connectivity index (χ3v) is 5.98. The smallest absolute Gasteiger partial charge is 0.239 e. The van der Waals surface area contributed by atoms with Gasteiger partial charge in [0.25, 0.3) is 0 Å². The lowest BCUT2D eigenvalue weighted by molar-refractivity contribution is -0.135. The van der Waals surface area contributed by atoms with Crippen molar-refractivity contribution in [3.05, 3.63) is 29.3 Å². The first-order valence-electron chi connectivity index (χ1n) is 8.94. The van der Waals surface area contributed by atoms with Crippen LogP contribution in [0.3, 0.4) is 0 Å². The average Bonchev–Trinajstić information content (AvgIpc) is 2.95. The molecule has 1 aromatic rings. The summed E-state index contributed by atoms with van der Waals surface area (Å²) in [7, 11) is 3.64. The molecule has 24 heavy (non-hydrogen) atoms. The SMILES string of the molecule is COc1cccc2c1C1(CCN(C3CCN(C)C3=O)CC1)OCC2. The molecule has 5 nitrogen and oxygen atoms in total. The first-order chi connectivity index (χ1) is 11.6. The molecular formula is C19H26N2O3. The molecule has 4 rings (SSSR count). The molecule has 3 aliphatic rings. The number of hydrogen-bond donors (Lipinski definition) is 0. The van der Waals surface area contributed by atoms with Gasteiger partial charge in [-0.15, -0.1) is 0 Å². The predicted molar refractivity (Wildman–Crippen MR) is 91.2 cm³/mol. The number of likely N-dealkylation sites (N-methyl/N-ethyl adjacent to an activating group) is 1. The number of methoxy groups -OCH3 is 1. The highest BCUT2D eigenvalue weighted by molar-refractivity contribution is 5.83. The number of nitrogens with zero attached hydrogens (tertiary/aromatic N) is 2. The van der Waals surface area contributed by atoms with Gasteiger partial charge in [-0.25, -0.2) is 0 Å². The van der Waals surface area contributed by atoms with Crippen molar-refractivity contribution >= 4 is 5.91 Å². The summed E-state index contributed by atoms with van der Waals surface area (Å²) in [6, 6.07) is 6.37. The Balaban J connectivity index is 1.57. The van der Waals surface area contributed by atoms with E-state index in [1.165, 1.54) is 11.1 Å². The van der Waals surface area contributed by atoms with Crippen molar-refractivity contribution in [3.63, 3.8) is 0 Å². The summed E-state index contributed by atoms with van der Waals surface area (Å²) in [6.07, 6.45) is 3.74. The molecule has 1 aromatic carbocycles. The highest BCUT2D eigenvalue weighted by atomic mass is 16.5. The van der Waals surface area contributed by atoms with Crippen LogP contribution in [-0.4, -0.2) is 62.1 Å². The zero-order chi connectivity index (χ0) is 16.7. The van der Waals surface area contributed by atoms with Crippen LogP contribution in [0.2, 0.25) is 0 Å². The van der Waals surface area contributed by atoms with E-state index in [9.17, 15) is 4.79 Å². The van der Waals surface area contributed by atoms with E-state index in [1.54, 1.807) is 7.11 Å². The molecule has 2 fully saturated rings.